The summed E-state index contributed by atoms with van der Waals surface area (Å²) in [5, 5.41) is 6.70. The van der Waals surface area contributed by atoms with Gasteiger partial charge in [-0.15, -0.1) is 11.3 Å². The van der Waals surface area contributed by atoms with Crippen LogP contribution >= 0.6 is 11.3 Å². The SMILES string of the molecule is c1c[nH]c(CCCNc2nccc3sccc23)n1. The molecule has 2 N–H and O–H groups in total. The highest BCUT2D eigenvalue weighted by Gasteiger charge is 2.02. The van der Waals surface area contributed by atoms with E-state index in [-0.39, 0.29) is 0 Å². The van der Waals surface area contributed by atoms with Gasteiger partial charge in [0, 0.05) is 41.6 Å². The Morgan fingerprint density at radius 2 is 2.22 bits per heavy atom. The molecular formula is C13H14N4S. The second-order valence-electron chi connectivity index (χ2n) is 4.06. The van der Waals surface area contributed by atoms with Crippen molar-refractivity contribution in [3.8, 4) is 0 Å². The molecule has 0 spiro atoms. The van der Waals surface area contributed by atoms with Crippen LogP contribution in [0, 0.1) is 0 Å². The number of aromatic amines is 1. The predicted molar refractivity (Wildman–Crippen MR) is 75.0 cm³/mol. The first kappa shape index (κ1) is 11.2. The van der Waals surface area contributed by atoms with Crippen molar-refractivity contribution in [2.75, 3.05) is 11.9 Å². The van der Waals surface area contributed by atoms with Crippen molar-refractivity contribution in [3.05, 3.63) is 41.9 Å². The lowest BCUT2D eigenvalue weighted by Crippen LogP contribution is -2.05. The minimum Gasteiger partial charge on any atom is -0.370 e. The maximum Gasteiger partial charge on any atom is 0.134 e. The summed E-state index contributed by atoms with van der Waals surface area (Å²) in [5.41, 5.74) is 0. The molecule has 3 aromatic heterocycles. The Morgan fingerprint density at radius 1 is 1.22 bits per heavy atom. The van der Waals surface area contributed by atoms with Crippen molar-refractivity contribution >= 4 is 27.2 Å². The van der Waals surface area contributed by atoms with Gasteiger partial charge in [-0.1, -0.05) is 0 Å². The number of anilines is 1. The van der Waals surface area contributed by atoms with Gasteiger partial charge in [-0.2, -0.15) is 0 Å². The molecule has 92 valence electrons. The summed E-state index contributed by atoms with van der Waals surface area (Å²) >= 11 is 1.74. The van der Waals surface area contributed by atoms with Gasteiger partial charge in [0.2, 0.25) is 0 Å². The molecule has 0 amide bonds. The number of rotatable bonds is 5. The molecule has 0 aliphatic heterocycles. The zero-order chi connectivity index (χ0) is 12.2. The first-order valence-corrected chi connectivity index (χ1v) is 6.86. The first-order valence-electron chi connectivity index (χ1n) is 5.98. The van der Waals surface area contributed by atoms with Crippen LogP contribution in [0.4, 0.5) is 5.82 Å². The van der Waals surface area contributed by atoms with Crippen LogP contribution < -0.4 is 5.32 Å². The van der Waals surface area contributed by atoms with Gasteiger partial charge in [-0.25, -0.2) is 9.97 Å². The van der Waals surface area contributed by atoms with Gasteiger partial charge in [0.25, 0.3) is 0 Å². The van der Waals surface area contributed by atoms with Gasteiger partial charge in [0.05, 0.1) is 0 Å². The topological polar surface area (TPSA) is 53.6 Å². The van der Waals surface area contributed by atoms with Crippen molar-refractivity contribution in [2.24, 2.45) is 0 Å². The van der Waals surface area contributed by atoms with E-state index in [9.17, 15) is 0 Å². The number of hydrogen-bond donors (Lipinski definition) is 2. The standard InChI is InChI=1S/C13H14N4S/c1(2-12-14-7-8-15-12)5-16-13-10-4-9-18-11(10)3-6-17-13/h3-4,6-9H,1-2,5H2,(H,14,15)(H,16,17). The number of thiophene rings is 1. The lowest BCUT2D eigenvalue weighted by atomic mass is 10.3. The Bertz CT molecular complexity index is 615. The monoisotopic (exact) mass is 258 g/mol. The van der Waals surface area contributed by atoms with Gasteiger partial charge >= 0.3 is 0 Å². The average molecular weight is 258 g/mol. The molecule has 0 aliphatic rings. The molecule has 0 aliphatic carbocycles. The fourth-order valence-corrected chi connectivity index (χ4v) is 2.71. The summed E-state index contributed by atoms with van der Waals surface area (Å²) in [6, 6.07) is 4.16. The maximum absolute atomic E-state index is 4.39. The van der Waals surface area contributed by atoms with Crippen molar-refractivity contribution < 1.29 is 0 Å². The van der Waals surface area contributed by atoms with Crippen LogP contribution in [0.25, 0.3) is 10.1 Å². The Balaban J connectivity index is 1.58. The molecule has 5 heteroatoms. The molecule has 0 unspecified atom stereocenters. The minimum absolute atomic E-state index is 0.905. The van der Waals surface area contributed by atoms with Crippen LogP contribution in [-0.4, -0.2) is 21.5 Å². The summed E-state index contributed by atoms with van der Waals surface area (Å²) in [4.78, 5) is 11.7. The maximum atomic E-state index is 4.39. The van der Waals surface area contributed by atoms with Crippen molar-refractivity contribution in [1.82, 2.24) is 15.0 Å². The summed E-state index contributed by atoms with van der Waals surface area (Å²) in [7, 11) is 0. The number of fused-ring (bicyclic) bond motifs is 1. The van der Waals surface area contributed by atoms with Crippen LogP contribution in [0.3, 0.4) is 0 Å². The molecule has 0 aromatic carbocycles. The van der Waals surface area contributed by atoms with E-state index in [1.807, 2.05) is 18.5 Å². The molecule has 3 heterocycles. The Labute approximate surface area is 109 Å². The third-order valence-corrected chi connectivity index (χ3v) is 3.70. The van der Waals surface area contributed by atoms with Crippen molar-refractivity contribution in [3.63, 3.8) is 0 Å². The summed E-state index contributed by atoms with van der Waals surface area (Å²) in [6.07, 6.45) is 7.50. The number of imidazole rings is 1. The molecule has 18 heavy (non-hydrogen) atoms. The number of nitrogens with zero attached hydrogens (tertiary/aromatic N) is 2. The van der Waals surface area contributed by atoms with Gasteiger partial charge < -0.3 is 10.3 Å². The fourth-order valence-electron chi connectivity index (χ4n) is 1.93. The van der Waals surface area contributed by atoms with Crippen LogP contribution in [0.1, 0.15) is 12.2 Å². The number of aromatic nitrogens is 3. The average Bonchev–Trinajstić information content (AvgIpc) is 3.05. The van der Waals surface area contributed by atoms with Crippen molar-refractivity contribution in [1.29, 1.82) is 0 Å². The Kier molecular flexibility index (Phi) is 3.23. The normalized spacial score (nSPS) is 10.9. The van der Waals surface area contributed by atoms with E-state index in [2.05, 4.69) is 31.7 Å². The molecule has 3 aromatic rings. The molecule has 0 radical (unpaired) electrons. The zero-order valence-corrected chi connectivity index (χ0v) is 10.7. The molecule has 0 bridgehead atoms. The molecule has 0 atom stereocenters. The van der Waals surface area contributed by atoms with E-state index in [1.54, 1.807) is 17.5 Å². The van der Waals surface area contributed by atoms with E-state index in [0.717, 1.165) is 31.0 Å². The number of hydrogen-bond acceptors (Lipinski definition) is 4. The van der Waals surface area contributed by atoms with E-state index < -0.39 is 0 Å². The minimum atomic E-state index is 0.905. The van der Waals surface area contributed by atoms with E-state index in [1.165, 1.54) is 10.1 Å². The van der Waals surface area contributed by atoms with Gasteiger partial charge in [0.1, 0.15) is 11.6 Å². The van der Waals surface area contributed by atoms with Gasteiger partial charge in [0.15, 0.2) is 0 Å². The second-order valence-corrected chi connectivity index (χ2v) is 5.01. The van der Waals surface area contributed by atoms with Crippen molar-refractivity contribution in [2.45, 2.75) is 12.8 Å². The Hall–Kier alpha value is -1.88. The molecule has 0 saturated carbocycles. The van der Waals surface area contributed by atoms with E-state index in [4.69, 9.17) is 0 Å². The largest absolute Gasteiger partial charge is 0.370 e. The highest BCUT2D eigenvalue weighted by atomic mass is 32.1. The van der Waals surface area contributed by atoms with Gasteiger partial charge in [-0.05, 0) is 23.9 Å². The number of nitrogens with one attached hydrogen (secondary N) is 2. The second kappa shape index (κ2) is 5.18. The lowest BCUT2D eigenvalue weighted by molar-refractivity contribution is 0.815. The van der Waals surface area contributed by atoms with Gasteiger partial charge in [-0.3, -0.25) is 0 Å². The van der Waals surface area contributed by atoms with Crippen LogP contribution in [0.15, 0.2) is 36.1 Å². The molecule has 4 nitrogen and oxygen atoms in total. The number of pyridine rings is 1. The molecule has 0 saturated heterocycles. The van der Waals surface area contributed by atoms with E-state index >= 15 is 0 Å². The smallest absolute Gasteiger partial charge is 0.134 e. The molecule has 0 fully saturated rings. The predicted octanol–water partition coefficient (Wildman–Crippen LogP) is 3.06. The van der Waals surface area contributed by atoms with Crippen LogP contribution in [0.2, 0.25) is 0 Å². The lowest BCUT2D eigenvalue weighted by Gasteiger charge is -2.05. The number of aryl methyl sites for hydroxylation is 1. The van der Waals surface area contributed by atoms with Crippen LogP contribution in [-0.2, 0) is 6.42 Å². The summed E-state index contributed by atoms with van der Waals surface area (Å²) < 4.78 is 1.28. The highest BCUT2D eigenvalue weighted by Crippen LogP contribution is 2.25. The van der Waals surface area contributed by atoms with Crippen LogP contribution in [0.5, 0.6) is 0 Å². The third-order valence-electron chi connectivity index (χ3n) is 2.82. The third kappa shape index (κ3) is 2.36. The van der Waals surface area contributed by atoms with E-state index in [0.29, 0.717) is 0 Å². The zero-order valence-electron chi connectivity index (χ0n) is 9.89. The number of H-pyrrole nitrogens is 1. The first-order chi connectivity index (χ1) is 8.93. The molecular weight excluding hydrogens is 244 g/mol. The quantitative estimate of drug-likeness (QED) is 0.691. The molecule has 3 rings (SSSR count). The fraction of sp³-hybridized carbons (Fsp3) is 0.231. The Morgan fingerprint density at radius 3 is 3.11 bits per heavy atom. The summed E-state index contributed by atoms with van der Waals surface area (Å²) in [5.74, 6) is 2.02. The highest BCUT2D eigenvalue weighted by molar-refractivity contribution is 7.17. The summed E-state index contributed by atoms with van der Waals surface area (Å²) in [6.45, 7) is 0.905.